The molecule has 0 atom stereocenters. The molecule has 1 amide bonds. The molecular formula is C14H19BrN2O. The van der Waals surface area contributed by atoms with Crippen LogP contribution in [0.2, 0.25) is 0 Å². The predicted molar refractivity (Wildman–Crippen MR) is 76.2 cm³/mol. The first-order valence-corrected chi connectivity index (χ1v) is 7.03. The van der Waals surface area contributed by atoms with Gasteiger partial charge in [-0.25, -0.2) is 0 Å². The summed E-state index contributed by atoms with van der Waals surface area (Å²) in [5, 5.41) is 3.32. The minimum atomic E-state index is -0.317. The lowest BCUT2D eigenvalue weighted by molar-refractivity contribution is -0.139. The van der Waals surface area contributed by atoms with Crippen molar-refractivity contribution in [3.63, 3.8) is 0 Å². The molecule has 0 saturated carbocycles. The fourth-order valence-corrected chi connectivity index (χ4v) is 2.67. The third-order valence-corrected chi connectivity index (χ3v) is 3.75. The summed E-state index contributed by atoms with van der Waals surface area (Å²) in [6.07, 6.45) is 0. The summed E-state index contributed by atoms with van der Waals surface area (Å²) in [6, 6.07) is 8.13. The van der Waals surface area contributed by atoms with Gasteiger partial charge in [-0.05, 0) is 31.5 Å². The molecule has 1 heterocycles. The maximum absolute atomic E-state index is 12.4. The molecule has 3 nitrogen and oxygen atoms in total. The van der Waals surface area contributed by atoms with Crippen LogP contribution in [0.4, 0.5) is 0 Å². The van der Waals surface area contributed by atoms with Crippen molar-refractivity contribution >= 4 is 21.8 Å². The van der Waals surface area contributed by atoms with Gasteiger partial charge in [0, 0.05) is 30.7 Å². The van der Waals surface area contributed by atoms with Crippen LogP contribution in [-0.2, 0) is 11.3 Å². The Morgan fingerprint density at radius 2 is 2.22 bits per heavy atom. The Hall–Kier alpha value is -0.870. The monoisotopic (exact) mass is 310 g/mol. The van der Waals surface area contributed by atoms with E-state index in [-0.39, 0.29) is 11.3 Å². The second-order valence-corrected chi connectivity index (χ2v) is 6.33. The Balaban J connectivity index is 2.14. The van der Waals surface area contributed by atoms with E-state index >= 15 is 0 Å². The number of hydrogen-bond acceptors (Lipinski definition) is 2. The van der Waals surface area contributed by atoms with Gasteiger partial charge in [0.25, 0.3) is 0 Å². The highest BCUT2D eigenvalue weighted by Gasteiger charge is 2.33. The van der Waals surface area contributed by atoms with E-state index in [1.54, 1.807) is 0 Å². The topological polar surface area (TPSA) is 32.3 Å². The van der Waals surface area contributed by atoms with Crippen LogP contribution in [0.25, 0.3) is 0 Å². The Morgan fingerprint density at radius 1 is 1.44 bits per heavy atom. The summed E-state index contributed by atoms with van der Waals surface area (Å²) >= 11 is 3.46. The van der Waals surface area contributed by atoms with Crippen LogP contribution in [0.3, 0.4) is 0 Å². The van der Waals surface area contributed by atoms with Gasteiger partial charge in [-0.1, -0.05) is 28.1 Å². The van der Waals surface area contributed by atoms with E-state index < -0.39 is 0 Å². The zero-order valence-electron chi connectivity index (χ0n) is 10.9. The lowest BCUT2D eigenvalue weighted by Crippen LogP contribution is -2.41. The van der Waals surface area contributed by atoms with E-state index in [1.165, 1.54) is 0 Å². The maximum atomic E-state index is 12.4. The highest BCUT2D eigenvalue weighted by Crippen LogP contribution is 2.22. The molecule has 98 valence electrons. The van der Waals surface area contributed by atoms with Crippen molar-refractivity contribution in [1.82, 2.24) is 10.2 Å². The molecule has 0 bridgehead atoms. The molecule has 0 spiro atoms. The molecule has 0 aliphatic carbocycles. The van der Waals surface area contributed by atoms with E-state index in [0.29, 0.717) is 6.54 Å². The molecule has 4 heteroatoms. The molecule has 18 heavy (non-hydrogen) atoms. The number of nitrogens with one attached hydrogen (secondary N) is 1. The minimum absolute atomic E-state index is 0.229. The largest absolute Gasteiger partial charge is 0.337 e. The maximum Gasteiger partial charge on any atom is 0.229 e. The number of amides is 1. The van der Waals surface area contributed by atoms with Crippen LogP contribution in [0.1, 0.15) is 19.4 Å². The van der Waals surface area contributed by atoms with E-state index in [2.05, 4.69) is 33.4 Å². The zero-order chi connectivity index (χ0) is 13.2. The number of rotatable bonds is 2. The Kier molecular flexibility index (Phi) is 4.07. The summed E-state index contributed by atoms with van der Waals surface area (Å²) in [4.78, 5) is 14.4. The zero-order valence-corrected chi connectivity index (χ0v) is 12.5. The average Bonchev–Trinajstić information content (AvgIpc) is 2.42. The Labute approximate surface area is 117 Å². The predicted octanol–water partition coefficient (Wildman–Crippen LogP) is 2.41. The summed E-state index contributed by atoms with van der Waals surface area (Å²) in [5.74, 6) is 0.229. The highest BCUT2D eigenvalue weighted by molar-refractivity contribution is 9.10. The van der Waals surface area contributed by atoms with Crippen LogP contribution in [0.15, 0.2) is 28.7 Å². The first-order chi connectivity index (χ1) is 8.49. The second kappa shape index (κ2) is 5.41. The SMILES string of the molecule is CC1(C)CNCCN(Cc2cccc(Br)c2)C1=O. The molecule has 1 saturated heterocycles. The summed E-state index contributed by atoms with van der Waals surface area (Å²) < 4.78 is 1.06. The average molecular weight is 311 g/mol. The lowest BCUT2D eigenvalue weighted by atomic mass is 9.92. The second-order valence-electron chi connectivity index (χ2n) is 5.42. The first kappa shape index (κ1) is 13.6. The van der Waals surface area contributed by atoms with Gasteiger partial charge >= 0.3 is 0 Å². The van der Waals surface area contributed by atoms with Crippen molar-refractivity contribution in [2.75, 3.05) is 19.6 Å². The fraction of sp³-hybridized carbons (Fsp3) is 0.500. The summed E-state index contributed by atoms with van der Waals surface area (Å²) in [7, 11) is 0. The molecule has 1 N–H and O–H groups in total. The van der Waals surface area contributed by atoms with Crippen molar-refractivity contribution < 1.29 is 4.79 Å². The molecule has 1 aliphatic heterocycles. The first-order valence-electron chi connectivity index (χ1n) is 6.23. The van der Waals surface area contributed by atoms with Crippen LogP contribution in [-0.4, -0.2) is 30.4 Å². The number of carbonyl (C=O) groups is 1. The van der Waals surface area contributed by atoms with E-state index in [4.69, 9.17) is 0 Å². The van der Waals surface area contributed by atoms with Crippen LogP contribution in [0, 0.1) is 5.41 Å². The van der Waals surface area contributed by atoms with Gasteiger partial charge < -0.3 is 10.2 Å². The van der Waals surface area contributed by atoms with E-state index in [1.807, 2.05) is 30.9 Å². The van der Waals surface area contributed by atoms with Crippen molar-refractivity contribution in [2.45, 2.75) is 20.4 Å². The van der Waals surface area contributed by atoms with Crippen molar-refractivity contribution in [1.29, 1.82) is 0 Å². The Morgan fingerprint density at radius 3 is 2.94 bits per heavy atom. The van der Waals surface area contributed by atoms with Crippen molar-refractivity contribution in [2.24, 2.45) is 5.41 Å². The van der Waals surface area contributed by atoms with Gasteiger partial charge in [0.15, 0.2) is 0 Å². The van der Waals surface area contributed by atoms with Gasteiger partial charge in [0.2, 0.25) is 5.91 Å². The van der Waals surface area contributed by atoms with E-state index in [0.717, 1.165) is 29.7 Å². The van der Waals surface area contributed by atoms with Crippen molar-refractivity contribution in [3.8, 4) is 0 Å². The van der Waals surface area contributed by atoms with E-state index in [9.17, 15) is 4.79 Å². The lowest BCUT2D eigenvalue weighted by Gasteiger charge is -2.28. The van der Waals surface area contributed by atoms with Gasteiger partial charge in [-0.15, -0.1) is 0 Å². The van der Waals surface area contributed by atoms with Gasteiger partial charge in [0.1, 0.15) is 0 Å². The number of hydrogen-bond donors (Lipinski definition) is 1. The van der Waals surface area contributed by atoms with Crippen LogP contribution in [0.5, 0.6) is 0 Å². The molecule has 2 rings (SSSR count). The Bertz CT molecular complexity index is 445. The van der Waals surface area contributed by atoms with Gasteiger partial charge in [0.05, 0.1) is 5.41 Å². The fourth-order valence-electron chi connectivity index (χ4n) is 2.23. The normalized spacial score (nSPS) is 19.7. The van der Waals surface area contributed by atoms with Crippen LogP contribution >= 0.6 is 15.9 Å². The molecule has 1 aliphatic rings. The number of benzene rings is 1. The summed E-state index contributed by atoms with van der Waals surface area (Å²) in [6.45, 7) is 7.07. The number of carbonyl (C=O) groups excluding carboxylic acids is 1. The van der Waals surface area contributed by atoms with Crippen molar-refractivity contribution in [3.05, 3.63) is 34.3 Å². The number of halogens is 1. The molecule has 0 unspecified atom stereocenters. The third kappa shape index (κ3) is 3.12. The standard InChI is InChI=1S/C14H19BrN2O/c1-14(2)10-16-6-7-17(13(14)18)9-11-4-3-5-12(15)8-11/h3-5,8,16H,6-7,9-10H2,1-2H3. The van der Waals surface area contributed by atoms with Gasteiger partial charge in [-0.3, -0.25) is 4.79 Å². The van der Waals surface area contributed by atoms with Gasteiger partial charge in [-0.2, -0.15) is 0 Å². The molecule has 1 aromatic rings. The van der Waals surface area contributed by atoms with Crippen LogP contribution < -0.4 is 5.32 Å². The molecule has 1 fully saturated rings. The molecular weight excluding hydrogens is 292 g/mol. The molecule has 0 radical (unpaired) electrons. The molecule has 1 aromatic carbocycles. The minimum Gasteiger partial charge on any atom is -0.337 e. The smallest absolute Gasteiger partial charge is 0.229 e. The highest BCUT2D eigenvalue weighted by atomic mass is 79.9. The summed E-state index contributed by atoms with van der Waals surface area (Å²) in [5.41, 5.74) is 0.845. The molecule has 0 aromatic heterocycles. The quantitative estimate of drug-likeness (QED) is 0.910. The third-order valence-electron chi connectivity index (χ3n) is 3.25. The number of nitrogens with zero attached hydrogens (tertiary/aromatic N) is 1.